The third-order valence-corrected chi connectivity index (χ3v) is 5.49. The molecule has 4 nitrogen and oxygen atoms in total. The summed E-state index contributed by atoms with van der Waals surface area (Å²) in [6.07, 6.45) is 2.77. The van der Waals surface area contributed by atoms with Crippen LogP contribution in [0, 0.1) is 6.92 Å². The number of benzene rings is 2. The molecule has 0 amide bonds. The Kier molecular flexibility index (Phi) is 4.50. The Hall–Kier alpha value is -2.11. The molecule has 0 saturated heterocycles. The fourth-order valence-electron chi connectivity index (χ4n) is 2.60. The van der Waals surface area contributed by atoms with E-state index in [9.17, 15) is 8.42 Å². The highest BCUT2D eigenvalue weighted by molar-refractivity contribution is 7.91. The van der Waals surface area contributed by atoms with Crippen molar-refractivity contribution in [2.24, 2.45) is 0 Å². The zero-order valence-corrected chi connectivity index (χ0v) is 13.9. The first-order chi connectivity index (χ1) is 11.1. The SMILES string of the molecule is Cc1ccc(S(=O)(=O)CNCCc2c[nH]c3ccccc23)cc1. The van der Waals surface area contributed by atoms with Crippen molar-refractivity contribution in [3.63, 3.8) is 0 Å². The molecule has 3 rings (SSSR count). The molecule has 0 spiro atoms. The van der Waals surface area contributed by atoms with E-state index < -0.39 is 9.84 Å². The van der Waals surface area contributed by atoms with Gasteiger partial charge < -0.3 is 10.3 Å². The number of fused-ring (bicyclic) bond motifs is 1. The third kappa shape index (κ3) is 3.63. The molecular formula is C18H20N2O2S. The van der Waals surface area contributed by atoms with E-state index in [0.717, 1.165) is 17.5 Å². The fraction of sp³-hybridized carbons (Fsp3) is 0.222. The van der Waals surface area contributed by atoms with Gasteiger partial charge in [0.25, 0.3) is 0 Å². The Balaban J connectivity index is 1.58. The van der Waals surface area contributed by atoms with E-state index in [1.807, 2.05) is 43.5 Å². The smallest absolute Gasteiger partial charge is 0.191 e. The summed E-state index contributed by atoms with van der Waals surface area (Å²) in [6, 6.07) is 15.1. The molecule has 0 bridgehead atoms. The van der Waals surface area contributed by atoms with Crippen LogP contribution in [0.15, 0.2) is 59.6 Å². The minimum atomic E-state index is -3.28. The summed E-state index contributed by atoms with van der Waals surface area (Å²) < 4.78 is 24.5. The predicted molar refractivity (Wildman–Crippen MR) is 93.2 cm³/mol. The second-order valence-electron chi connectivity index (χ2n) is 5.68. The van der Waals surface area contributed by atoms with Crippen LogP contribution in [0.1, 0.15) is 11.1 Å². The van der Waals surface area contributed by atoms with Crippen LogP contribution in [0.5, 0.6) is 0 Å². The number of hydrogen-bond donors (Lipinski definition) is 2. The molecule has 23 heavy (non-hydrogen) atoms. The van der Waals surface area contributed by atoms with E-state index in [2.05, 4.69) is 16.4 Å². The molecule has 1 heterocycles. The number of para-hydroxylation sites is 1. The Morgan fingerprint density at radius 3 is 2.57 bits per heavy atom. The third-order valence-electron chi connectivity index (χ3n) is 3.92. The van der Waals surface area contributed by atoms with Gasteiger partial charge in [-0.3, -0.25) is 0 Å². The maximum atomic E-state index is 12.2. The Bertz CT molecular complexity index is 896. The van der Waals surface area contributed by atoms with E-state index in [1.54, 1.807) is 12.1 Å². The average Bonchev–Trinajstić information content (AvgIpc) is 2.95. The fourth-order valence-corrected chi connectivity index (χ4v) is 3.73. The Morgan fingerprint density at radius 1 is 1.04 bits per heavy atom. The molecule has 0 fully saturated rings. The van der Waals surface area contributed by atoms with Crippen LogP contribution >= 0.6 is 0 Å². The molecule has 0 radical (unpaired) electrons. The number of sulfone groups is 1. The van der Waals surface area contributed by atoms with Crippen molar-refractivity contribution in [3.05, 3.63) is 65.9 Å². The summed E-state index contributed by atoms with van der Waals surface area (Å²) in [4.78, 5) is 3.59. The summed E-state index contributed by atoms with van der Waals surface area (Å²) in [6.45, 7) is 2.56. The van der Waals surface area contributed by atoms with Crippen LogP contribution in [0.3, 0.4) is 0 Å². The van der Waals surface area contributed by atoms with Gasteiger partial charge >= 0.3 is 0 Å². The predicted octanol–water partition coefficient (Wildman–Crippen LogP) is 3.04. The van der Waals surface area contributed by atoms with E-state index in [1.165, 1.54) is 10.9 Å². The van der Waals surface area contributed by atoms with Gasteiger partial charge in [0.05, 0.1) is 4.90 Å². The van der Waals surface area contributed by atoms with Crippen LogP contribution in [-0.4, -0.2) is 25.8 Å². The van der Waals surface area contributed by atoms with E-state index in [4.69, 9.17) is 0 Å². The lowest BCUT2D eigenvalue weighted by Crippen LogP contribution is -2.25. The molecule has 2 aromatic carbocycles. The van der Waals surface area contributed by atoms with Gasteiger partial charge in [-0.15, -0.1) is 0 Å². The molecule has 0 atom stereocenters. The highest BCUT2D eigenvalue weighted by Gasteiger charge is 2.13. The first-order valence-electron chi connectivity index (χ1n) is 7.61. The number of aromatic nitrogens is 1. The van der Waals surface area contributed by atoms with Gasteiger partial charge in [0.15, 0.2) is 9.84 Å². The van der Waals surface area contributed by atoms with E-state index in [0.29, 0.717) is 11.4 Å². The van der Waals surface area contributed by atoms with Crippen LogP contribution in [-0.2, 0) is 16.3 Å². The zero-order chi connectivity index (χ0) is 16.3. The quantitative estimate of drug-likeness (QED) is 0.684. The van der Waals surface area contributed by atoms with Crippen LogP contribution < -0.4 is 5.32 Å². The van der Waals surface area contributed by atoms with Crippen LogP contribution in [0.4, 0.5) is 0 Å². The maximum absolute atomic E-state index is 12.2. The molecule has 3 aromatic rings. The summed E-state index contributed by atoms with van der Waals surface area (Å²) in [5, 5.41) is 4.23. The number of rotatable bonds is 6. The molecule has 0 aliphatic carbocycles. The van der Waals surface area contributed by atoms with Crippen molar-refractivity contribution in [2.45, 2.75) is 18.2 Å². The highest BCUT2D eigenvalue weighted by Crippen LogP contribution is 2.17. The zero-order valence-electron chi connectivity index (χ0n) is 13.0. The second-order valence-corrected chi connectivity index (χ2v) is 7.67. The maximum Gasteiger partial charge on any atom is 0.191 e. The average molecular weight is 328 g/mol. The molecule has 2 N–H and O–H groups in total. The highest BCUT2D eigenvalue weighted by atomic mass is 32.2. The number of aryl methyl sites for hydroxylation is 1. The van der Waals surface area contributed by atoms with E-state index >= 15 is 0 Å². The summed E-state index contributed by atoms with van der Waals surface area (Å²) >= 11 is 0. The summed E-state index contributed by atoms with van der Waals surface area (Å²) in [5.74, 6) is -0.0432. The normalized spacial score (nSPS) is 11.9. The summed E-state index contributed by atoms with van der Waals surface area (Å²) in [5.41, 5.74) is 3.35. The molecule has 120 valence electrons. The number of H-pyrrole nitrogens is 1. The first kappa shape index (κ1) is 15.8. The molecular weight excluding hydrogens is 308 g/mol. The first-order valence-corrected chi connectivity index (χ1v) is 9.27. The number of nitrogens with one attached hydrogen (secondary N) is 2. The Morgan fingerprint density at radius 2 is 1.78 bits per heavy atom. The van der Waals surface area contributed by atoms with Crippen molar-refractivity contribution < 1.29 is 8.42 Å². The van der Waals surface area contributed by atoms with Gasteiger partial charge in [-0.25, -0.2) is 8.42 Å². The molecule has 0 unspecified atom stereocenters. The molecule has 0 aliphatic rings. The number of hydrogen-bond acceptors (Lipinski definition) is 3. The van der Waals surface area contributed by atoms with Gasteiger partial charge in [-0.1, -0.05) is 35.9 Å². The Labute approximate surface area is 136 Å². The lowest BCUT2D eigenvalue weighted by atomic mass is 10.1. The van der Waals surface area contributed by atoms with Crippen molar-refractivity contribution >= 4 is 20.7 Å². The van der Waals surface area contributed by atoms with E-state index in [-0.39, 0.29) is 5.88 Å². The molecule has 1 aromatic heterocycles. The van der Waals surface area contributed by atoms with Gasteiger partial charge in [0.2, 0.25) is 0 Å². The van der Waals surface area contributed by atoms with Gasteiger partial charge in [-0.05, 0) is 37.1 Å². The molecule has 0 saturated carbocycles. The lowest BCUT2D eigenvalue weighted by Gasteiger charge is -2.07. The molecule has 0 aliphatic heterocycles. The van der Waals surface area contributed by atoms with Crippen molar-refractivity contribution in [1.82, 2.24) is 10.3 Å². The van der Waals surface area contributed by atoms with Crippen LogP contribution in [0.2, 0.25) is 0 Å². The number of aromatic amines is 1. The van der Waals surface area contributed by atoms with Gasteiger partial charge in [0.1, 0.15) is 5.88 Å². The van der Waals surface area contributed by atoms with Crippen molar-refractivity contribution in [3.8, 4) is 0 Å². The van der Waals surface area contributed by atoms with Gasteiger partial charge in [-0.2, -0.15) is 0 Å². The van der Waals surface area contributed by atoms with Gasteiger partial charge in [0, 0.05) is 23.6 Å². The van der Waals surface area contributed by atoms with Crippen LogP contribution in [0.25, 0.3) is 10.9 Å². The minimum Gasteiger partial charge on any atom is -0.361 e. The second kappa shape index (κ2) is 6.56. The van der Waals surface area contributed by atoms with Crippen molar-refractivity contribution in [2.75, 3.05) is 12.4 Å². The summed E-state index contributed by atoms with van der Waals surface area (Å²) in [7, 11) is -3.28. The largest absolute Gasteiger partial charge is 0.361 e. The molecule has 5 heteroatoms. The standard InChI is InChI=1S/C18H20N2O2S/c1-14-6-8-16(9-7-14)23(21,22)13-19-11-10-15-12-20-18-5-3-2-4-17(15)18/h2-9,12,19-20H,10-11,13H2,1H3. The minimum absolute atomic E-state index is 0.0432. The van der Waals surface area contributed by atoms with Crippen molar-refractivity contribution in [1.29, 1.82) is 0 Å². The topological polar surface area (TPSA) is 62.0 Å². The monoisotopic (exact) mass is 328 g/mol. The lowest BCUT2D eigenvalue weighted by molar-refractivity contribution is 0.587.